The molecular formula is C13H20ClNO3S. The van der Waals surface area contributed by atoms with E-state index in [4.69, 9.17) is 16.7 Å². The summed E-state index contributed by atoms with van der Waals surface area (Å²) in [6, 6.07) is 4.71. The van der Waals surface area contributed by atoms with Crippen LogP contribution in [0, 0.1) is 12.8 Å². The summed E-state index contributed by atoms with van der Waals surface area (Å²) in [4.78, 5) is 0.257. The molecule has 0 amide bonds. The van der Waals surface area contributed by atoms with Crippen LogP contribution in [0.5, 0.6) is 0 Å². The first kappa shape index (κ1) is 16.4. The maximum atomic E-state index is 12.1. The molecule has 6 heteroatoms. The van der Waals surface area contributed by atoms with Crippen LogP contribution in [0.1, 0.15) is 25.3 Å². The Labute approximate surface area is 119 Å². The van der Waals surface area contributed by atoms with E-state index in [0.717, 1.165) is 6.42 Å². The molecule has 0 aliphatic rings. The minimum atomic E-state index is -3.48. The second-order valence-corrected chi connectivity index (χ2v) is 6.91. The van der Waals surface area contributed by atoms with Gasteiger partial charge >= 0.3 is 0 Å². The molecule has 0 aromatic heterocycles. The van der Waals surface area contributed by atoms with Gasteiger partial charge in [0.2, 0.25) is 10.0 Å². The van der Waals surface area contributed by atoms with E-state index < -0.39 is 10.0 Å². The van der Waals surface area contributed by atoms with Crippen molar-refractivity contribution in [1.82, 2.24) is 4.72 Å². The van der Waals surface area contributed by atoms with E-state index >= 15 is 0 Å². The van der Waals surface area contributed by atoms with Crippen LogP contribution in [0.3, 0.4) is 0 Å². The van der Waals surface area contributed by atoms with Crippen LogP contribution in [0.15, 0.2) is 23.1 Å². The predicted molar refractivity (Wildman–Crippen MR) is 76.9 cm³/mol. The highest BCUT2D eigenvalue weighted by Crippen LogP contribution is 2.19. The quantitative estimate of drug-likeness (QED) is 0.760. The largest absolute Gasteiger partial charge is 0.396 e. The average molecular weight is 306 g/mol. The summed E-state index contributed by atoms with van der Waals surface area (Å²) in [5, 5.41) is 9.40. The number of hydrogen-bond donors (Lipinski definition) is 2. The number of nitrogens with one attached hydrogen (secondary N) is 1. The maximum Gasteiger partial charge on any atom is 0.240 e. The Morgan fingerprint density at radius 2 is 2.11 bits per heavy atom. The number of halogens is 1. The minimum Gasteiger partial charge on any atom is -0.396 e. The van der Waals surface area contributed by atoms with Crippen LogP contribution in [0.25, 0.3) is 0 Å². The van der Waals surface area contributed by atoms with E-state index in [1.807, 2.05) is 6.92 Å². The van der Waals surface area contributed by atoms with Crippen LogP contribution in [-0.4, -0.2) is 26.7 Å². The molecule has 2 N–H and O–H groups in total. The molecule has 0 saturated carbocycles. The highest BCUT2D eigenvalue weighted by atomic mass is 35.5. The number of sulfonamides is 1. The third-order valence-electron chi connectivity index (χ3n) is 2.90. The van der Waals surface area contributed by atoms with Gasteiger partial charge in [0.1, 0.15) is 0 Å². The molecule has 1 rings (SSSR count). The summed E-state index contributed by atoms with van der Waals surface area (Å²) in [5.74, 6) is 0.196. The molecule has 108 valence electrons. The Bertz CT molecular complexity index is 517. The van der Waals surface area contributed by atoms with Crippen molar-refractivity contribution < 1.29 is 13.5 Å². The molecule has 0 aliphatic heterocycles. The Morgan fingerprint density at radius 1 is 1.42 bits per heavy atom. The molecule has 0 saturated heterocycles. The van der Waals surface area contributed by atoms with Gasteiger partial charge in [0.25, 0.3) is 0 Å². The lowest BCUT2D eigenvalue weighted by Crippen LogP contribution is -2.25. The van der Waals surface area contributed by atoms with Gasteiger partial charge in [0, 0.05) is 18.2 Å². The van der Waals surface area contributed by atoms with Crippen molar-refractivity contribution in [3.63, 3.8) is 0 Å². The van der Waals surface area contributed by atoms with Crippen molar-refractivity contribution in [2.75, 3.05) is 13.2 Å². The Kier molecular flexibility index (Phi) is 6.26. The lowest BCUT2D eigenvalue weighted by atomic mass is 10.1. The standard InChI is InChI=1S/C13H20ClNO3S/c1-10(9-16)4-3-7-15-19(17,18)13-6-5-12(14)8-11(13)2/h5-6,8,10,15-16H,3-4,7,9H2,1-2H3. The van der Waals surface area contributed by atoms with Crippen molar-refractivity contribution >= 4 is 21.6 Å². The normalized spacial score (nSPS) is 13.5. The number of hydrogen-bond acceptors (Lipinski definition) is 3. The number of aliphatic hydroxyl groups excluding tert-OH is 1. The Hall–Kier alpha value is -0.620. The smallest absolute Gasteiger partial charge is 0.240 e. The molecule has 1 atom stereocenters. The fourth-order valence-corrected chi connectivity index (χ4v) is 3.27. The van der Waals surface area contributed by atoms with Crippen molar-refractivity contribution in [2.24, 2.45) is 5.92 Å². The lowest BCUT2D eigenvalue weighted by Gasteiger charge is -2.11. The van der Waals surface area contributed by atoms with E-state index in [1.54, 1.807) is 19.1 Å². The molecule has 1 unspecified atom stereocenters. The summed E-state index contributed by atoms with van der Waals surface area (Å²) in [7, 11) is -3.48. The first-order valence-electron chi connectivity index (χ1n) is 6.23. The number of benzene rings is 1. The monoisotopic (exact) mass is 305 g/mol. The summed E-state index contributed by atoms with van der Waals surface area (Å²) >= 11 is 5.81. The van der Waals surface area contributed by atoms with Crippen LogP contribution in [-0.2, 0) is 10.0 Å². The summed E-state index contributed by atoms with van der Waals surface area (Å²) in [6.45, 7) is 4.14. The average Bonchev–Trinajstić information content (AvgIpc) is 2.33. The summed E-state index contributed by atoms with van der Waals surface area (Å²) in [6.07, 6.45) is 1.49. The Morgan fingerprint density at radius 3 is 2.68 bits per heavy atom. The van der Waals surface area contributed by atoms with Gasteiger partial charge in [-0.05, 0) is 49.4 Å². The second-order valence-electron chi connectivity index (χ2n) is 4.74. The van der Waals surface area contributed by atoms with E-state index in [0.29, 0.717) is 23.6 Å². The van der Waals surface area contributed by atoms with Crippen molar-refractivity contribution in [2.45, 2.75) is 31.6 Å². The molecule has 0 heterocycles. The molecular weight excluding hydrogens is 286 g/mol. The van der Waals surface area contributed by atoms with Crippen molar-refractivity contribution in [3.05, 3.63) is 28.8 Å². The molecule has 0 fully saturated rings. The summed E-state index contributed by atoms with van der Waals surface area (Å²) in [5.41, 5.74) is 0.628. The lowest BCUT2D eigenvalue weighted by molar-refractivity contribution is 0.228. The zero-order valence-corrected chi connectivity index (χ0v) is 12.8. The molecule has 0 radical (unpaired) electrons. The number of aryl methyl sites for hydroxylation is 1. The molecule has 0 aliphatic carbocycles. The number of rotatable bonds is 7. The van der Waals surface area contributed by atoms with E-state index in [9.17, 15) is 8.42 Å². The molecule has 0 spiro atoms. The van der Waals surface area contributed by atoms with Gasteiger partial charge < -0.3 is 5.11 Å². The van der Waals surface area contributed by atoms with Crippen LogP contribution < -0.4 is 4.72 Å². The Balaban J connectivity index is 2.61. The van der Waals surface area contributed by atoms with Gasteiger partial charge in [-0.1, -0.05) is 18.5 Å². The maximum absolute atomic E-state index is 12.1. The van der Waals surface area contributed by atoms with Gasteiger partial charge in [-0.15, -0.1) is 0 Å². The molecule has 1 aromatic carbocycles. The zero-order chi connectivity index (χ0) is 14.5. The second kappa shape index (κ2) is 7.24. The molecule has 4 nitrogen and oxygen atoms in total. The van der Waals surface area contributed by atoms with Crippen LogP contribution in [0.2, 0.25) is 5.02 Å². The van der Waals surface area contributed by atoms with Crippen molar-refractivity contribution in [3.8, 4) is 0 Å². The van der Waals surface area contributed by atoms with Gasteiger partial charge in [0.15, 0.2) is 0 Å². The van der Waals surface area contributed by atoms with Gasteiger partial charge in [-0.25, -0.2) is 13.1 Å². The van der Waals surface area contributed by atoms with E-state index in [1.165, 1.54) is 6.07 Å². The fraction of sp³-hybridized carbons (Fsp3) is 0.538. The van der Waals surface area contributed by atoms with Crippen LogP contribution in [0.4, 0.5) is 0 Å². The predicted octanol–water partition coefficient (Wildman–Crippen LogP) is 2.34. The third-order valence-corrected chi connectivity index (χ3v) is 4.76. The molecule has 1 aromatic rings. The van der Waals surface area contributed by atoms with E-state index in [2.05, 4.69) is 4.72 Å². The SMILES string of the molecule is Cc1cc(Cl)ccc1S(=O)(=O)NCCCC(C)CO. The fourth-order valence-electron chi connectivity index (χ4n) is 1.74. The highest BCUT2D eigenvalue weighted by Gasteiger charge is 2.16. The van der Waals surface area contributed by atoms with Gasteiger partial charge in [-0.2, -0.15) is 0 Å². The van der Waals surface area contributed by atoms with Crippen molar-refractivity contribution in [1.29, 1.82) is 0 Å². The van der Waals surface area contributed by atoms with Gasteiger partial charge in [0.05, 0.1) is 4.90 Å². The molecule has 19 heavy (non-hydrogen) atoms. The van der Waals surface area contributed by atoms with Gasteiger partial charge in [-0.3, -0.25) is 0 Å². The zero-order valence-electron chi connectivity index (χ0n) is 11.2. The number of aliphatic hydroxyl groups is 1. The van der Waals surface area contributed by atoms with E-state index in [-0.39, 0.29) is 17.4 Å². The van der Waals surface area contributed by atoms with Crippen LogP contribution >= 0.6 is 11.6 Å². The third kappa shape index (κ3) is 5.10. The topological polar surface area (TPSA) is 66.4 Å². The molecule has 0 bridgehead atoms. The highest BCUT2D eigenvalue weighted by molar-refractivity contribution is 7.89. The first-order valence-corrected chi connectivity index (χ1v) is 8.09. The summed E-state index contributed by atoms with van der Waals surface area (Å²) < 4.78 is 26.7. The first-order chi connectivity index (χ1) is 8.86. The minimum absolute atomic E-state index is 0.128.